The molecule has 0 aromatic heterocycles. The van der Waals surface area contributed by atoms with E-state index in [-0.39, 0.29) is 11.5 Å². The Morgan fingerprint density at radius 2 is 1.68 bits per heavy atom. The summed E-state index contributed by atoms with van der Waals surface area (Å²) in [6.45, 7) is -4.90. The van der Waals surface area contributed by atoms with Gasteiger partial charge in [0.2, 0.25) is 5.82 Å². The van der Waals surface area contributed by atoms with Gasteiger partial charge in [-0.2, -0.15) is 4.39 Å². The summed E-state index contributed by atoms with van der Waals surface area (Å²) in [7, 11) is 0. The van der Waals surface area contributed by atoms with Gasteiger partial charge in [0.1, 0.15) is 0 Å². The maximum Gasteiger partial charge on any atom is 0.200 e. The number of halogens is 2. The van der Waals surface area contributed by atoms with Crippen molar-refractivity contribution >= 4 is 0 Å². The van der Waals surface area contributed by atoms with Crippen molar-refractivity contribution in [2.75, 3.05) is 6.56 Å². The molecule has 3 heteroatoms. The van der Waals surface area contributed by atoms with E-state index in [2.05, 4.69) is 6.92 Å². The van der Waals surface area contributed by atoms with Gasteiger partial charge in [0, 0.05) is 9.60 Å². The van der Waals surface area contributed by atoms with Gasteiger partial charge in [0.05, 0.1) is 9.30 Å². The number of rotatable bonds is 8. The normalized spacial score (nSPS) is 35.0. The van der Waals surface area contributed by atoms with Crippen LogP contribution >= 0.6 is 0 Å². The molecule has 28 heavy (non-hydrogen) atoms. The third-order valence-electron chi connectivity index (χ3n) is 6.82. The summed E-state index contributed by atoms with van der Waals surface area (Å²) in [4.78, 5) is 0. The van der Waals surface area contributed by atoms with E-state index in [1.54, 1.807) is 0 Å². The van der Waals surface area contributed by atoms with Gasteiger partial charge >= 0.3 is 0 Å². The fraction of sp³-hybridized carbons (Fsp3) is 0.760. The Morgan fingerprint density at radius 1 is 1.00 bits per heavy atom. The van der Waals surface area contributed by atoms with Crippen molar-refractivity contribution in [2.45, 2.75) is 96.6 Å². The van der Waals surface area contributed by atoms with E-state index in [0.29, 0.717) is 11.8 Å². The SMILES string of the molecule is [2H]C([2H])([2H])C([2H])([2H])C([2H])([2H])C([2H])([2H])Oc1ccc(C2CCC(C3CCC(CCC)CC3)CC2)c(F)c1F. The molecule has 1 aromatic carbocycles. The minimum atomic E-state index is -3.71. The van der Waals surface area contributed by atoms with Gasteiger partial charge in [0.25, 0.3) is 0 Å². The number of benzene rings is 1. The summed E-state index contributed by atoms with van der Waals surface area (Å²) in [5.41, 5.74) is 0.163. The minimum absolute atomic E-state index is 0.163. The van der Waals surface area contributed by atoms with E-state index in [9.17, 15) is 4.39 Å². The quantitative estimate of drug-likeness (QED) is 0.428. The van der Waals surface area contributed by atoms with Crippen molar-refractivity contribution in [1.29, 1.82) is 0 Å². The van der Waals surface area contributed by atoms with Crippen molar-refractivity contribution in [3.05, 3.63) is 29.3 Å². The summed E-state index contributed by atoms with van der Waals surface area (Å²) in [5.74, 6) is -1.70. The van der Waals surface area contributed by atoms with Crippen LogP contribution in [0.15, 0.2) is 12.1 Å². The molecular weight excluding hydrogens is 354 g/mol. The van der Waals surface area contributed by atoms with E-state index >= 15 is 4.39 Å². The largest absolute Gasteiger partial charge is 0.490 e. The number of hydrogen-bond acceptors (Lipinski definition) is 1. The molecule has 3 rings (SSSR count). The third-order valence-corrected chi connectivity index (χ3v) is 6.82. The molecule has 0 radical (unpaired) electrons. The molecule has 2 saturated carbocycles. The predicted molar refractivity (Wildman–Crippen MR) is 112 cm³/mol. The second-order valence-electron chi connectivity index (χ2n) is 8.42. The second-order valence-corrected chi connectivity index (χ2v) is 8.42. The summed E-state index contributed by atoms with van der Waals surface area (Å²) < 4.78 is 103. The number of ether oxygens (including phenoxy) is 1. The standard InChI is InChI=1S/C25H38F2O/c1-3-5-17-28-23-16-15-22(24(26)25(23)27)21-13-11-20(12-14-21)19-9-7-18(6-4-2)8-10-19/h15-16,18-21H,3-14,17H2,1-2H3/i1D3,3D2,5D2,17D2. The molecule has 0 amide bonds. The molecule has 158 valence electrons. The molecule has 0 bridgehead atoms. The van der Waals surface area contributed by atoms with Crippen molar-refractivity contribution < 1.29 is 25.9 Å². The van der Waals surface area contributed by atoms with Crippen LogP contribution in [0.5, 0.6) is 5.75 Å². The van der Waals surface area contributed by atoms with Crippen LogP contribution in [-0.2, 0) is 0 Å². The topological polar surface area (TPSA) is 9.23 Å². The van der Waals surface area contributed by atoms with Gasteiger partial charge in [0.15, 0.2) is 11.6 Å². The smallest absolute Gasteiger partial charge is 0.200 e. The Labute approximate surface area is 182 Å². The van der Waals surface area contributed by atoms with E-state index in [4.69, 9.17) is 17.1 Å². The van der Waals surface area contributed by atoms with Gasteiger partial charge < -0.3 is 4.74 Å². The fourth-order valence-electron chi connectivity index (χ4n) is 5.30. The summed E-state index contributed by atoms with van der Waals surface area (Å²) in [6, 6.07) is 2.31. The molecule has 0 saturated heterocycles. The Hall–Kier alpha value is -1.12. The monoisotopic (exact) mass is 401 g/mol. The van der Waals surface area contributed by atoms with Gasteiger partial charge in [-0.15, -0.1) is 0 Å². The van der Waals surface area contributed by atoms with Crippen LogP contribution in [0.1, 0.15) is 115 Å². The van der Waals surface area contributed by atoms with Gasteiger partial charge in [-0.05, 0) is 80.2 Å². The predicted octanol–water partition coefficient (Wildman–Crippen LogP) is 8.02. The fourth-order valence-corrected chi connectivity index (χ4v) is 5.30. The van der Waals surface area contributed by atoms with Crippen LogP contribution in [-0.4, -0.2) is 6.56 Å². The van der Waals surface area contributed by atoms with Crippen LogP contribution < -0.4 is 4.74 Å². The average Bonchev–Trinajstić information content (AvgIpc) is 2.82. The first-order valence-corrected chi connectivity index (χ1v) is 10.7. The summed E-state index contributed by atoms with van der Waals surface area (Å²) in [6.07, 6.45) is 3.51. The van der Waals surface area contributed by atoms with Crippen molar-refractivity contribution in [2.24, 2.45) is 17.8 Å². The molecule has 1 aromatic rings. The molecule has 0 atom stereocenters. The lowest BCUT2D eigenvalue weighted by Gasteiger charge is -2.38. The van der Waals surface area contributed by atoms with Crippen molar-refractivity contribution in [1.82, 2.24) is 0 Å². The molecule has 0 spiro atoms. The van der Waals surface area contributed by atoms with Crippen molar-refractivity contribution in [3.63, 3.8) is 0 Å². The van der Waals surface area contributed by atoms with E-state index < -0.39 is 43.5 Å². The molecule has 0 N–H and O–H groups in total. The Morgan fingerprint density at radius 3 is 2.32 bits per heavy atom. The van der Waals surface area contributed by atoms with E-state index in [1.807, 2.05) is 0 Å². The first kappa shape index (κ1) is 12.5. The highest BCUT2D eigenvalue weighted by molar-refractivity contribution is 5.33. The van der Waals surface area contributed by atoms with E-state index in [1.165, 1.54) is 44.6 Å². The molecular formula is C25H38F2O. The molecule has 0 heterocycles. The van der Waals surface area contributed by atoms with Crippen LogP contribution in [0.3, 0.4) is 0 Å². The molecule has 2 fully saturated rings. The zero-order chi connectivity index (χ0) is 27.8. The van der Waals surface area contributed by atoms with Crippen molar-refractivity contribution in [3.8, 4) is 5.75 Å². The van der Waals surface area contributed by atoms with Crippen LogP contribution in [0, 0.1) is 29.4 Å². The maximum atomic E-state index is 15.1. The highest BCUT2D eigenvalue weighted by Crippen LogP contribution is 2.45. The zero-order valence-electron chi connectivity index (χ0n) is 25.7. The highest BCUT2D eigenvalue weighted by Gasteiger charge is 2.32. The molecule has 2 aliphatic rings. The highest BCUT2D eigenvalue weighted by atomic mass is 19.2. The lowest BCUT2D eigenvalue weighted by molar-refractivity contribution is 0.155. The second kappa shape index (κ2) is 10.6. The minimum Gasteiger partial charge on any atom is -0.490 e. The molecule has 1 nitrogen and oxygen atoms in total. The van der Waals surface area contributed by atoms with Crippen LogP contribution in [0.2, 0.25) is 0 Å². The lowest BCUT2D eigenvalue weighted by atomic mass is 9.68. The van der Waals surface area contributed by atoms with Gasteiger partial charge in [-0.25, -0.2) is 4.39 Å². The van der Waals surface area contributed by atoms with Gasteiger partial charge in [-0.1, -0.05) is 51.9 Å². The maximum absolute atomic E-state index is 15.1. The van der Waals surface area contributed by atoms with Crippen LogP contribution in [0.25, 0.3) is 0 Å². The zero-order valence-corrected chi connectivity index (χ0v) is 16.7. The Balaban J connectivity index is 1.67. The third kappa shape index (κ3) is 5.27. The molecule has 0 unspecified atom stereocenters. The van der Waals surface area contributed by atoms with Crippen LogP contribution in [0.4, 0.5) is 8.78 Å². The first-order valence-electron chi connectivity index (χ1n) is 15.2. The lowest BCUT2D eigenvalue weighted by Crippen LogP contribution is -2.25. The number of hydrogen-bond donors (Lipinski definition) is 0. The summed E-state index contributed by atoms with van der Waals surface area (Å²) in [5, 5.41) is 0. The Bertz CT molecular complexity index is 919. The summed E-state index contributed by atoms with van der Waals surface area (Å²) >= 11 is 0. The van der Waals surface area contributed by atoms with Gasteiger partial charge in [-0.3, -0.25) is 0 Å². The molecule has 0 aliphatic heterocycles. The average molecular weight is 402 g/mol. The molecule has 2 aliphatic carbocycles. The first-order chi connectivity index (χ1) is 17.0. The Kier molecular flexibility index (Phi) is 4.75. The van der Waals surface area contributed by atoms with E-state index in [0.717, 1.165) is 37.7 Å².